The van der Waals surface area contributed by atoms with E-state index in [0.29, 0.717) is 28.3 Å². The molecule has 4 aromatic rings. The van der Waals surface area contributed by atoms with Gasteiger partial charge in [-0.1, -0.05) is 36.0 Å². The van der Waals surface area contributed by atoms with E-state index in [4.69, 9.17) is 9.15 Å². The molecule has 0 atom stereocenters. The first-order valence-corrected chi connectivity index (χ1v) is 11.3. The molecule has 0 saturated heterocycles. The average molecular weight is 465 g/mol. The zero-order valence-electron chi connectivity index (χ0n) is 18.6. The summed E-state index contributed by atoms with van der Waals surface area (Å²) >= 11 is 1.19. The Hall–Kier alpha value is -3.59. The summed E-state index contributed by atoms with van der Waals surface area (Å²) in [5, 5.41) is 1.45. The van der Waals surface area contributed by atoms with Crippen molar-refractivity contribution in [3.8, 4) is 0 Å². The van der Waals surface area contributed by atoms with Crippen LogP contribution in [0.15, 0.2) is 64.3 Å². The van der Waals surface area contributed by atoms with Gasteiger partial charge in [0, 0.05) is 38.8 Å². The Bertz CT molecular complexity index is 1290. The van der Waals surface area contributed by atoms with Crippen LogP contribution in [-0.2, 0) is 20.9 Å². The van der Waals surface area contributed by atoms with Gasteiger partial charge in [-0.25, -0.2) is 9.97 Å². The van der Waals surface area contributed by atoms with Crippen LogP contribution in [0.2, 0.25) is 0 Å². The summed E-state index contributed by atoms with van der Waals surface area (Å²) in [6, 6.07) is 15.5. The molecular formula is C24H24N4O4S. The number of amides is 1. The lowest BCUT2D eigenvalue weighted by Crippen LogP contribution is -2.31. The van der Waals surface area contributed by atoms with Gasteiger partial charge in [-0.05, 0) is 29.8 Å². The predicted octanol–water partition coefficient (Wildman–Crippen LogP) is 3.74. The lowest BCUT2D eigenvalue weighted by molar-refractivity contribution is -0.149. The maximum absolute atomic E-state index is 12.4. The maximum Gasteiger partial charge on any atom is 0.316 e. The standard InChI is InChI=1S/C24H24N4O4S/c1-27(2)17-10-8-16(9-11-17)12-28(3)20(29)13-31-21(30)14-33-24-23-22(25-15-26-24)18-6-4-5-7-19(18)32-23/h4-11,15H,12-14H2,1-3H3. The van der Waals surface area contributed by atoms with Crippen LogP contribution in [0.4, 0.5) is 5.69 Å². The van der Waals surface area contributed by atoms with Crippen molar-refractivity contribution in [3.05, 3.63) is 60.4 Å². The fourth-order valence-electron chi connectivity index (χ4n) is 3.29. The van der Waals surface area contributed by atoms with Gasteiger partial charge in [0.1, 0.15) is 22.5 Å². The molecule has 0 unspecified atom stereocenters. The van der Waals surface area contributed by atoms with E-state index in [1.54, 1.807) is 7.05 Å². The number of likely N-dealkylation sites (N-methyl/N-ethyl adjacent to an activating group) is 1. The number of hydrogen-bond donors (Lipinski definition) is 0. The molecule has 1 amide bonds. The van der Waals surface area contributed by atoms with Crippen molar-refractivity contribution in [1.82, 2.24) is 14.9 Å². The quantitative estimate of drug-likeness (QED) is 0.221. The molecule has 33 heavy (non-hydrogen) atoms. The zero-order chi connectivity index (χ0) is 23.4. The number of anilines is 1. The number of benzene rings is 2. The van der Waals surface area contributed by atoms with Crippen LogP contribution < -0.4 is 4.90 Å². The fourth-order valence-corrected chi connectivity index (χ4v) is 4.02. The van der Waals surface area contributed by atoms with E-state index in [9.17, 15) is 9.59 Å². The van der Waals surface area contributed by atoms with Gasteiger partial charge in [0.05, 0.1) is 5.75 Å². The molecule has 0 bridgehead atoms. The van der Waals surface area contributed by atoms with Crippen molar-refractivity contribution in [1.29, 1.82) is 0 Å². The van der Waals surface area contributed by atoms with Crippen molar-refractivity contribution in [2.45, 2.75) is 11.6 Å². The first kappa shape index (κ1) is 22.6. The van der Waals surface area contributed by atoms with E-state index in [2.05, 4.69) is 9.97 Å². The first-order chi connectivity index (χ1) is 15.9. The minimum absolute atomic E-state index is 0.00610. The van der Waals surface area contributed by atoms with Crippen LogP contribution in [0.3, 0.4) is 0 Å². The second-order valence-corrected chi connectivity index (χ2v) is 8.68. The van der Waals surface area contributed by atoms with Crippen molar-refractivity contribution in [3.63, 3.8) is 0 Å². The van der Waals surface area contributed by atoms with E-state index in [0.717, 1.165) is 16.6 Å². The number of fused-ring (bicyclic) bond motifs is 3. The molecule has 2 heterocycles. The van der Waals surface area contributed by atoms with Gasteiger partial charge in [-0.2, -0.15) is 0 Å². The summed E-state index contributed by atoms with van der Waals surface area (Å²) in [7, 11) is 5.63. The predicted molar refractivity (Wildman–Crippen MR) is 128 cm³/mol. The molecule has 0 spiro atoms. The van der Waals surface area contributed by atoms with Crippen LogP contribution in [0.5, 0.6) is 0 Å². The summed E-state index contributed by atoms with van der Waals surface area (Å²) in [4.78, 5) is 36.7. The van der Waals surface area contributed by atoms with Crippen LogP contribution in [0, 0.1) is 0 Å². The molecule has 0 radical (unpaired) electrons. The summed E-state index contributed by atoms with van der Waals surface area (Å²) in [6.07, 6.45) is 1.45. The lowest BCUT2D eigenvalue weighted by Gasteiger charge is -2.18. The topological polar surface area (TPSA) is 88.8 Å². The Kier molecular flexibility index (Phi) is 6.79. The smallest absolute Gasteiger partial charge is 0.316 e. The lowest BCUT2D eigenvalue weighted by atomic mass is 10.2. The second kappa shape index (κ2) is 9.91. The molecule has 8 nitrogen and oxygen atoms in total. The molecular weight excluding hydrogens is 440 g/mol. The normalized spacial score (nSPS) is 11.0. The molecule has 170 valence electrons. The van der Waals surface area contributed by atoms with Gasteiger partial charge in [0.15, 0.2) is 12.2 Å². The van der Waals surface area contributed by atoms with E-state index in [1.807, 2.05) is 67.5 Å². The number of ether oxygens (including phenoxy) is 1. The van der Waals surface area contributed by atoms with Crippen molar-refractivity contribution in [2.24, 2.45) is 0 Å². The SMILES string of the molecule is CN(Cc1ccc(N(C)C)cc1)C(=O)COC(=O)CSc1ncnc2c1oc1ccccc12. The van der Waals surface area contributed by atoms with E-state index in [-0.39, 0.29) is 18.3 Å². The monoisotopic (exact) mass is 464 g/mol. The molecule has 2 aromatic carbocycles. The Morgan fingerprint density at radius 2 is 1.79 bits per heavy atom. The minimum atomic E-state index is -0.500. The highest BCUT2D eigenvalue weighted by Gasteiger charge is 2.16. The van der Waals surface area contributed by atoms with E-state index < -0.39 is 5.97 Å². The highest BCUT2D eigenvalue weighted by atomic mass is 32.2. The molecule has 4 rings (SSSR count). The van der Waals surface area contributed by atoms with Gasteiger partial charge in [0.2, 0.25) is 0 Å². The largest absolute Gasteiger partial charge is 0.455 e. The number of esters is 1. The number of aromatic nitrogens is 2. The fraction of sp³-hybridized carbons (Fsp3) is 0.250. The van der Waals surface area contributed by atoms with Gasteiger partial charge >= 0.3 is 5.97 Å². The number of furan rings is 1. The summed E-state index contributed by atoms with van der Waals surface area (Å²) in [5.74, 6) is -0.765. The molecule has 0 aliphatic rings. The molecule has 0 aliphatic heterocycles. The summed E-state index contributed by atoms with van der Waals surface area (Å²) in [5.41, 5.74) is 4.03. The highest BCUT2D eigenvalue weighted by Crippen LogP contribution is 2.32. The minimum Gasteiger partial charge on any atom is -0.455 e. The number of hydrogen-bond acceptors (Lipinski definition) is 8. The van der Waals surface area contributed by atoms with Gasteiger partial charge < -0.3 is 19.0 Å². The van der Waals surface area contributed by atoms with E-state index >= 15 is 0 Å². The van der Waals surface area contributed by atoms with E-state index in [1.165, 1.54) is 23.0 Å². The van der Waals surface area contributed by atoms with Crippen LogP contribution in [0.25, 0.3) is 22.1 Å². The van der Waals surface area contributed by atoms with Crippen LogP contribution in [-0.4, -0.2) is 60.2 Å². The second-order valence-electron chi connectivity index (χ2n) is 7.71. The number of carbonyl (C=O) groups is 2. The van der Waals surface area contributed by atoms with Crippen LogP contribution in [0.1, 0.15) is 5.56 Å². The first-order valence-electron chi connectivity index (χ1n) is 10.3. The van der Waals surface area contributed by atoms with Crippen molar-refractivity contribution >= 4 is 51.4 Å². The van der Waals surface area contributed by atoms with Gasteiger partial charge in [-0.3, -0.25) is 9.59 Å². The third-order valence-corrected chi connectivity index (χ3v) is 6.05. The van der Waals surface area contributed by atoms with Crippen molar-refractivity contribution < 1.29 is 18.7 Å². The number of carbonyl (C=O) groups excluding carboxylic acids is 2. The third kappa shape index (κ3) is 5.25. The Labute approximate surface area is 195 Å². The summed E-state index contributed by atoms with van der Waals surface area (Å²) < 4.78 is 11.0. The maximum atomic E-state index is 12.4. The van der Waals surface area contributed by atoms with Gasteiger partial charge in [-0.15, -0.1) is 0 Å². The number of rotatable bonds is 8. The molecule has 0 aliphatic carbocycles. The van der Waals surface area contributed by atoms with Gasteiger partial charge in [0.25, 0.3) is 5.91 Å². The van der Waals surface area contributed by atoms with Crippen LogP contribution >= 0.6 is 11.8 Å². The molecule has 2 aromatic heterocycles. The third-order valence-electron chi connectivity index (χ3n) is 5.11. The Morgan fingerprint density at radius 1 is 1.03 bits per heavy atom. The number of para-hydroxylation sites is 1. The summed E-state index contributed by atoms with van der Waals surface area (Å²) in [6.45, 7) is 0.124. The zero-order valence-corrected chi connectivity index (χ0v) is 19.5. The Morgan fingerprint density at radius 3 is 2.55 bits per heavy atom. The Balaban J connectivity index is 1.29. The number of nitrogens with zero attached hydrogens (tertiary/aromatic N) is 4. The van der Waals surface area contributed by atoms with Crippen molar-refractivity contribution in [2.75, 3.05) is 38.4 Å². The number of thioether (sulfide) groups is 1. The average Bonchev–Trinajstić information content (AvgIpc) is 3.21. The molecule has 0 fully saturated rings. The highest BCUT2D eigenvalue weighted by molar-refractivity contribution is 8.00. The molecule has 0 N–H and O–H groups in total. The molecule has 9 heteroatoms. The molecule has 0 saturated carbocycles.